The summed E-state index contributed by atoms with van der Waals surface area (Å²) in [6.45, 7) is 1.72. The molecule has 0 radical (unpaired) electrons. The van der Waals surface area contributed by atoms with E-state index in [0.717, 1.165) is 30.8 Å². The normalized spacial score (nSPS) is 10.7. The molecule has 3 rings (SSSR count). The number of carbonyl (C=O) groups excluding carboxylic acids is 1. The molecule has 0 saturated heterocycles. The fourth-order valence-electron chi connectivity index (χ4n) is 3.15. The summed E-state index contributed by atoms with van der Waals surface area (Å²) in [5, 5.41) is 22.7. The average Bonchev–Trinajstić information content (AvgIpc) is 3.13. The van der Waals surface area contributed by atoms with Crippen LogP contribution in [0.15, 0.2) is 47.6 Å². The fraction of sp³-hybridized carbons (Fsp3) is 0.318. The van der Waals surface area contributed by atoms with Gasteiger partial charge in [-0.15, -0.1) is 10.2 Å². The number of nitrogens with zero attached hydrogens (tertiary/aromatic N) is 4. The molecule has 3 aromatic rings. The maximum atomic E-state index is 12.3. The van der Waals surface area contributed by atoms with E-state index in [2.05, 4.69) is 27.6 Å². The molecule has 0 aliphatic rings. The van der Waals surface area contributed by atoms with Crippen molar-refractivity contribution in [1.82, 2.24) is 14.8 Å². The van der Waals surface area contributed by atoms with Crippen molar-refractivity contribution in [3.8, 4) is 5.75 Å². The number of aryl methyl sites for hydroxylation is 3. The molecule has 0 bridgehead atoms. The minimum Gasteiger partial charge on any atom is -0.497 e. The van der Waals surface area contributed by atoms with E-state index in [1.165, 1.54) is 29.5 Å². The van der Waals surface area contributed by atoms with Crippen molar-refractivity contribution in [3.63, 3.8) is 0 Å². The number of thioether (sulfide) groups is 1. The molecular formula is C22H25N5O4S. The summed E-state index contributed by atoms with van der Waals surface area (Å²) < 4.78 is 7.08. The highest BCUT2D eigenvalue weighted by atomic mass is 32.2. The van der Waals surface area contributed by atoms with Crippen LogP contribution in [0.3, 0.4) is 0 Å². The second-order valence-electron chi connectivity index (χ2n) is 7.25. The lowest BCUT2D eigenvalue weighted by molar-refractivity contribution is -0.384. The van der Waals surface area contributed by atoms with Gasteiger partial charge in [-0.1, -0.05) is 23.9 Å². The maximum Gasteiger partial charge on any atom is 0.269 e. The first-order valence-corrected chi connectivity index (χ1v) is 11.0. The Labute approximate surface area is 190 Å². The molecule has 32 heavy (non-hydrogen) atoms. The Kier molecular flexibility index (Phi) is 7.82. The van der Waals surface area contributed by atoms with Gasteiger partial charge in [0.05, 0.1) is 17.8 Å². The number of aromatic nitrogens is 3. The van der Waals surface area contributed by atoms with Crippen LogP contribution in [0.5, 0.6) is 5.75 Å². The Bertz CT molecular complexity index is 1100. The van der Waals surface area contributed by atoms with Crippen LogP contribution in [-0.4, -0.2) is 38.5 Å². The number of hydrogen-bond donors (Lipinski definition) is 1. The van der Waals surface area contributed by atoms with Gasteiger partial charge in [0.1, 0.15) is 11.6 Å². The summed E-state index contributed by atoms with van der Waals surface area (Å²) in [5.41, 5.74) is 2.42. The molecule has 0 atom stereocenters. The molecule has 10 heteroatoms. The second kappa shape index (κ2) is 10.8. The van der Waals surface area contributed by atoms with Gasteiger partial charge >= 0.3 is 0 Å². The third-order valence-corrected chi connectivity index (χ3v) is 6.00. The van der Waals surface area contributed by atoms with Crippen LogP contribution in [-0.2, 0) is 24.7 Å². The van der Waals surface area contributed by atoms with Gasteiger partial charge in [-0.05, 0) is 49.1 Å². The van der Waals surface area contributed by atoms with Gasteiger partial charge in [-0.25, -0.2) is 0 Å². The van der Waals surface area contributed by atoms with Gasteiger partial charge < -0.3 is 14.6 Å². The quantitative estimate of drug-likeness (QED) is 0.280. The summed E-state index contributed by atoms with van der Waals surface area (Å²) in [4.78, 5) is 22.7. The lowest BCUT2D eigenvalue weighted by atomic mass is 10.1. The van der Waals surface area contributed by atoms with Crippen LogP contribution in [0.25, 0.3) is 0 Å². The monoisotopic (exact) mass is 455 g/mol. The molecule has 2 aromatic carbocycles. The first-order chi connectivity index (χ1) is 15.4. The zero-order valence-electron chi connectivity index (χ0n) is 18.2. The molecule has 1 heterocycles. The van der Waals surface area contributed by atoms with Crippen molar-refractivity contribution >= 4 is 29.0 Å². The van der Waals surface area contributed by atoms with E-state index in [4.69, 9.17) is 4.74 Å². The molecule has 9 nitrogen and oxygen atoms in total. The van der Waals surface area contributed by atoms with E-state index in [9.17, 15) is 14.9 Å². The molecule has 0 saturated carbocycles. The number of carbonyl (C=O) groups is 1. The van der Waals surface area contributed by atoms with Crippen LogP contribution in [0.2, 0.25) is 0 Å². The largest absolute Gasteiger partial charge is 0.497 e. The van der Waals surface area contributed by atoms with E-state index in [1.807, 2.05) is 23.7 Å². The minimum absolute atomic E-state index is 0.00604. The Morgan fingerprint density at radius 2 is 1.94 bits per heavy atom. The predicted octanol–water partition coefficient (Wildman–Crippen LogP) is 3.95. The number of methoxy groups -OCH3 is 1. The van der Waals surface area contributed by atoms with Crippen molar-refractivity contribution in [3.05, 3.63) is 69.5 Å². The Morgan fingerprint density at radius 1 is 1.19 bits per heavy atom. The first kappa shape index (κ1) is 23.3. The summed E-state index contributed by atoms with van der Waals surface area (Å²) in [6, 6.07) is 12.4. The number of ether oxygens (including phenoxy) is 1. The molecule has 0 aliphatic heterocycles. The maximum absolute atomic E-state index is 12.3. The van der Waals surface area contributed by atoms with Crippen molar-refractivity contribution in [2.75, 3.05) is 18.2 Å². The number of non-ortho nitro benzene ring substituents is 1. The number of hydrogen-bond acceptors (Lipinski definition) is 7. The third-order valence-electron chi connectivity index (χ3n) is 4.98. The molecule has 168 valence electrons. The topological polar surface area (TPSA) is 112 Å². The summed E-state index contributed by atoms with van der Waals surface area (Å²) >= 11 is 1.30. The van der Waals surface area contributed by atoms with Crippen molar-refractivity contribution in [1.29, 1.82) is 0 Å². The SMILES string of the molecule is COc1ccc(CCCc2nnc(SCC(=O)Nc3ccc([N+](=O)[O-])cc3C)n2C)cc1. The van der Waals surface area contributed by atoms with Crippen molar-refractivity contribution in [2.45, 2.75) is 31.3 Å². The molecule has 1 N–H and O–H groups in total. The molecule has 1 aromatic heterocycles. The van der Waals surface area contributed by atoms with E-state index in [0.29, 0.717) is 16.4 Å². The number of rotatable bonds is 10. The lowest BCUT2D eigenvalue weighted by Crippen LogP contribution is -2.15. The summed E-state index contributed by atoms with van der Waals surface area (Å²) in [5.74, 6) is 1.66. The highest BCUT2D eigenvalue weighted by Gasteiger charge is 2.13. The summed E-state index contributed by atoms with van der Waals surface area (Å²) in [6.07, 6.45) is 2.64. The van der Waals surface area contributed by atoms with Gasteiger partial charge in [0.2, 0.25) is 5.91 Å². The highest BCUT2D eigenvalue weighted by Crippen LogP contribution is 2.22. The lowest BCUT2D eigenvalue weighted by Gasteiger charge is -2.08. The number of anilines is 1. The number of nitrogens with one attached hydrogen (secondary N) is 1. The fourth-order valence-corrected chi connectivity index (χ4v) is 3.88. The second-order valence-corrected chi connectivity index (χ2v) is 8.20. The Balaban J connectivity index is 1.48. The third kappa shape index (κ3) is 6.07. The van der Waals surface area contributed by atoms with Crippen molar-refractivity contribution in [2.24, 2.45) is 7.05 Å². The molecule has 0 spiro atoms. The van der Waals surface area contributed by atoms with E-state index < -0.39 is 4.92 Å². The Morgan fingerprint density at radius 3 is 2.59 bits per heavy atom. The van der Waals surface area contributed by atoms with Crippen molar-refractivity contribution < 1.29 is 14.5 Å². The minimum atomic E-state index is -0.461. The zero-order valence-corrected chi connectivity index (χ0v) is 19.0. The van der Waals surface area contributed by atoms with Crippen LogP contribution in [0.4, 0.5) is 11.4 Å². The van der Waals surface area contributed by atoms with Gasteiger partial charge in [-0.3, -0.25) is 14.9 Å². The molecule has 0 aliphatic carbocycles. The van der Waals surface area contributed by atoms with E-state index in [1.54, 1.807) is 20.1 Å². The smallest absolute Gasteiger partial charge is 0.269 e. The standard InChI is InChI=1S/C22H25N5O4S/c1-15-13-17(27(29)30)9-12-19(15)23-21(28)14-32-22-25-24-20(26(22)2)6-4-5-16-7-10-18(31-3)11-8-16/h7-13H,4-6,14H2,1-3H3,(H,23,28). The number of nitro benzene ring substituents is 1. The van der Waals surface area contributed by atoms with Gasteiger partial charge in [0.25, 0.3) is 5.69 Å². The van der Waals surface area contributed by atoms with Gasteiger partial charge in [0.15, 0.2) is 5.16 Å². The highest BCUT2D eigenvalue weighted by molar-refractivity contribution is 7.99. The average molecular weight is 456 g/mol. The zero-order chi connectivity index (χ0) is 23.1. The molecular weight excluding hydrogens is 430 g/mol. The Hall–Kier alpha value is -3.40. The van der Waals surface area contributed by atoms with Crippen LogP contribution >= 0.6 is 11.8 Å². The molecule has 0 unspecified atom stereocenters. The van der Waals surface area contributed by atoms with Crippen LogP contribution < -0.4 is 10.1 Å². The number of amides is 1. The molecule has 0 fully saturated rings. The number of nitro groups is 1. The van der Waals surface area contributed by atoms with Gasteiger partial charge in [0, 0.05) is 31.3 Å². The first-order valence-electron chi connectivity index (χ1n) is 10.1. The van der Waals surface area contributed by atoms with Gasteiger partial charge in [-0.2, -0.15) is 0 Å². The van der Waals surface area contributed by atoms with E-state index >= 15 is 0 Å². The van der Waals surface area contributed by atoms with E-state index in [-0.39, 0.29) is 17.3 Å². The van der Waals surface area contributed by atoms with Crippen LogP contribution in [0, 0.1) is 17.0 Å². The van der Waals surface area contributed by atoms with Crippen LogP contribution in [0.1, 0.15) is 23.4 Å². The number of benzene rings is 2. The molecule has 1 amide bonds. The predicted molar refractivity (Wildman–Crippen MR) is 123 cm³/mol. The summed E-state index contributed by atoms with van der Waals surface area (Å²) in [7, 11) is 3.54.